The van der Waals surface area contributed by atoms with Crippen molar-refractivity contribution >= 4 is 17.5 Å². The van der Waals surface area contributed by atoms with Crippen LogP contribution in [0.15, 0.2) is 36.7 Å². The zero-order valence-electron chi connectivity index (χ0n) is 16.2. The van der Waals surface area contributed by atoms with Crippen LogP contribution in [-0.2, 0) is 13.1 Å². The SMILES string of the molecule is c1cc(-c2cn[nH]c2)ccc1Nc1nc(N2C3CCC2CNC3)nc2c1CNC2. The first-order chi connectivity index (χ1) is 14.3. The molecule has 3 aromatic rings. The number of benzene rings is 1. The van der Waals surface area contributed by atoms with Gasteiger partial charge >= 0.3 is 0 Å². The molecule has 1 aromatic carbocycles. The normalized spacial score (nSPS) is 22.7. The monoisotopic (exact) mass is 388 g/mol. The Morgan fingerprint density at radius 2 is 1.76 bits per heavy atom. The molecule has 2 atom stereocenters. The lowest BCUT2D eigenvalue weighted by molar-refractivity contribution is 0.476. The van der Waals surface area contributed by atoms with Crippen molar-refractivity contribution in [2.45, 2.75) is 38.0 Å². The largest absolute Gasteiger partial charge is 0.340 e. The quantitative estimate of drug-likeness (QED) is 0.544. The summed E-state index contributed by atoms with van der Waals surface area (Å²) >= 11 is 0. The first kappa shape index (κ1) is 16.9. The topological polar surface area (TPSA) is 93.8 Å². The predicted molar refractivity (Wildman–Crippen MR) is 112 cm³/mol. The zero-order valence-corrected chi connectivity index (χ0v) is 16.2. The van der Waals surface area contributed by atoms with Crippen LogP contribution in [0.25, 0.3) is 11.1 Å². The summed E-state index contributed by atoms with van der Waals surface area (Å²) in [6.45, 7) is 3.65. The Balaban J connectivity index is 1.32. The Bertz CT molecular complexity index is 998. The van der Waals surface area contributed by atoms with Crippen LogP contribution in [-0.4, -0.2) is 45.3 Å². The predicted octanol–water partition coefficient (Wildman–Crippen LogP) is 2.15. The van der Waals surface area contributed by atoms with E-state index in [2.05, 4.69) is 55.3 Å². The van der Waals surface area contributed by atoms with Gasteiger partial charge in [0.25, 0.3) is 0 Å². The minimum atomic E-state index is 0.503. The smallest absolute Gasteiger partial charge is 0.228 e. The lowest BCUT2D eigenvalue weighted by Gasteiger charge is -2.35. The molecule has 8 nitrogen and oxygen atoms in total. The summed E-state index contributed by atoms with van der Waals surface area (Å²) in [7, 11) is 0. The highest BCUT2D eigenvalue weighted by Crippen LogP contribution is 2.34. The summed E-state index contributed by atoms with van der Waals surface area (Å²) in [5.74, 6) is 1.79. The Kier molecular flexibility index (Phi) is 3.98. The number of rotatable bonds is 4. The van der Waals surface area contributed by atoms with Gasteiger partial charge in [-0.15, -0.1) is 0 Å². The Morgan fingerprint density at radius 3 is 2.52 bits per heavy atom. The summed E-state index contributed by atoms with van der Waals surface area (Å²) in [5.41, 5.74) is 5.54. The van der Waals surface area contributed by atoms with Crippen molar-refractivity contribution in [3.8, 4) is 11.1 Å². The molecule has 148 valence electrons. The lowest BCUT2D eigenvalue weighted by Crippen LogP contribution is -2.52. The molecule has 4 N–H and O–H groups in total. The first-order valence-electron chi connectivity index (χ1n) is 10.3. The molecule has 5 heterocycles. The molecule has 0 aliphatic carbocycles. The van der Waals surface area contributed by atoms with Crippen molar-refractivity contribution < 1.29 is 0 Å². The highest BCUT2D eigenvalue weighted by molar-refractivity contribution is 5.68. The maximum Gasteiger partial charge on any atom is 0.228 e. The maximum absolute atomic E-state index is 5.00. The number of anilines is 3. The van der Waals surface area contributed by atoms with E-state index < -0.39 is 0 Å². The van der Waals surface area contributed by atoms with Crippen LogP contribution in [0.3, 0.4) is 0 Å². The second-order valence-corrected chi connectivity index (χ2v) is 8.04. The highest BCUT2D eigenvalue weighted by Gasteiger charge is 2.38. The number of nitrogens with zero attached hydrogens (tertiary/aromatic N) is 4. The fourth-order valence-electron chi connectivity index (χ4n) is 4.77. The van der Waals surface area contributed by atoms with E-state index in [9.17, 15) is 0 Å². The Morgan fingerprint density at radius 1 is 0.931 bits per heavy atom. The van der Waals surface area contributed by atoms with Gasteiger partial charge in [-0.1, -0.05) is 12.1 Å². The molecule has 2 saturated heterocycles. The molecule has 29 heavy (non-hydrogen) atoms. The van der Waals surface area contributed by atoms with E-state index in [1.54, 1.807) is 0 Å². The van der Waals surface area contributed by atoms with Gasteiger partial charge in [-0.25, -0.2) is 4.98 Å². The molecule has 2 bridgehead atoms. The number of H-pyrrole nitrogens is 1. The number of hydrogen-bond donors (Lipinski definition) is 4. The van der Waals surface area contributed by atoms with Gasteiger partial charge in [0, 0.05) is 61.3 Å². The molecule has 2 unspecified atom stereocenters. The number of piperazine rings is 1. The van der Waals surface area contributed by atoms with E-state index in [-0.39, 0.29) is 0 Å². The molecule has 6 rings (SSSR count). The number of nitrogens with one attached hydrogen (secondary N) is 4. The van der Waals surface area contributed by atoms with E-state index in [1.165, 1.54) is 18.4 Å². The standard InChI is InChI=1S/C21H24N8/c1-3-15(4-2-13(1)14-7-24-25-8-14)26-20-18-11-23-12-19(18)27-21(28-20)29-16-5-6-17(29)10-22-9-16/h1-4,7-8,16-17,22-23H,5-6,9-12H2,(H,24,25)(H,26,27,28). The summed E-state index contributed by atoms with van der Waals surface area (Å²) in [4.78, 5) is 12.4. The number of fused-ring (bicyclic) bond motifs is 3. The molecule has 8 heteroatoms. The average molecular weight is 388 g/mol. The van der Waals surface area contributed by atoms with E-state index in [0.717, 1.165) is 60.5 Å². The second-order valence-electron chi connectivity index (χ2n) is 8.04. The van der Waals surface area contributed by atoms with Crippen LogP contribution in [0, 0.1) is 0 Å². The van der Waals surface area contributed by atoms with E-state index >= 15 is 0 Å². The number of aromatic amines is 1. The second kappa shape index (κ2) is 6.82. The molecule has 3 aliphatic rings. The molecular formula is C21H24N8. The van der Waals surface area contributed by atoms with Gasteiger partial charge in [0.1, 0.15) is 5.82 Å². The molecule has 2 fully saturated rings. The third kappa shape index (κ3) is 2.95. The van der Waals surface area contributed by atoms with Crippen molar-refractivity contribution in [3.63, 3.8) is 0 Å². The van der Waals surface area contributed by atoms with Crippen LogP contribution in [0.4, 0.5) is 17.5 Å². The van der Waals surface area contributed by atoms with Gasteiger partial charge in [0.05, 0.1) is 11.9 Å². The van der Waals surface area contributed by atoms with Gasteiger partial charge in [-0.05, 0) is 30.5 Å². The third-order valence-corrected chi connectivity index (χ3v) is 6.27. The van der Waals surface area contributed by atoms with E-state index in [1.807, 2.05) is 12.4 Å². The fourth-order valence-corrected chi connectivity index (χ4v) is 4.77. The van der Waals surface area contributed by atoms with Gasteiger partial charge in [0.15, 0.2) is 0 Å². The molecule has 0 saturated carbocycles. The molecule has 0 amide bonds. The summed E-state index contributed by atoms with van der Waals surface area (Å²) in [6, 6.07) is 9.39. The fraction of sp³-hybridized carbons (Fsp3) is 0.381. The van der Waals surface area contributed by atoms with Gasteiger partial charge in [-0.3, -0.25) is 5.10 Å². The first-order valence-corrected chi connectivity index (χ1v) is 10.3. The molecule has 0 radical (unpaired) electrons. The van der Waals surface area contributed by atoms with Crippen LogP contribution in [0.2, 0.25) is 0 Å². The minimum absolute atomic E-state index is 0.503. The van der Waals surface area contributed by atoms with Crippen LogP contribution in [0.5, 0.6) is 0 Å². The molecular weight excluding hydrogens is 364 g/mol. The van der Waals surface area contributed by atoms with Crippen molar-refractivity contribution in [2.75, 3.05) is 23.3 Å². The van der Waals surface area contributed by atoms with Crippen molar-refractivity contribution in [3.05, 3.63) is 47.9 Å². The summed E-state index contributed by atoms with van der Waals surface area (Å²) in [5, 5.41) is 17.4. The summed E-state index contributed by atoms with van der Waals surface area (Å²) in [6.07, 6.45) is 6.17. The van der Waals surface area contributed by atoms with Crippen LogP contribution >= 0.6 is 0 Å². The van der Waals surface area contributed by atoms with Crippen molar-refractivity contribution in [1.82, 2.24) is 30.8 Å². The maximum atomic E-state index is 5.00. The third-order valence-electron chi connectivity index (χ3n) is 6.27. The van der Waals surface area contributed by atoms with E-state index in [0.29, 0.717) is 12.1 Å². The Labute approximate surface area is 169 Å². The summed E-state index contributed by atoms with van der Waals surface area (Å²) < 4.78 is 0. The van der Waals surface area contributed by atoms with Crippen LogP contribution in [0.1, 0.15) is 24.1 Å². The molecule has 3 aliphatic heterocycles. The van der Waals surface area contributed by atoms with Gasteiger partial charge < -0.3 is 20.9 Å². The average Bonchev–Trinajstić information content (AvgIpc) is 3.48. The van der Waals surface area contributed by atoms with Gasteiger partial charge in [-0.2, -0.15) is 10.1 Å². The molecule has 2 aromatic heterocycles. The molecule has 0 spiro atoms. The van der Waals surface area contributed by atoms with Gasteiger partial charge in [0.2, 0.25) is 5.95 Å². The van der Waals surface area contributed by atoms with Crippen molar-refractivity contribution in [2.24, 2.45) is 0 Å². The number of aromatic nitrogens is 4. The van der Waals surface area contributed by atoms with E-state index in [4.69, 9.17) is 9.97 Å². The van der Waals surface area contributed by atoms with Crippen LogP contribution < -0.4 is 20.9 Å². The lowest BCUT2D eigenvalue weighted by atomic mass is 10.1. The highest BCUT2D eigenvalue weighted by atomic mass is 15.4. The minimum Gasteiger partial charge on any atom is -0.340 e. The Hall–Kier alpha value is -2.97. The zero-order chi connectivity index (χ0) is 19.2. The van der Waals surface area contributed by atoms with Crippen molar-refractivity contribution in [1.29, 1.82) is 0 Å². The number of hydrogen-bond acceptors (Lipinski definition) is 7.